The molecule has 0 radical (unpaired) electrons. The predicted octanol–water partition coefficient (Wildman–Crippen LogP) is 4.12. The van der Waals surface area contributed by atoms with Crippen molar-refractivity contribution in [3.63, 3.8) is 0 Å². The highest BCUT2D eigenvalue weighted by molar-refractivity contribution is 5.49. The number of likely N-dealkylation sites (tertiary alicyclic amines) is 1. The van der Waals surface area contributed by atoms with Crippen LogP contribution < -0.4 is 0 Å². The molecule has 2 aromatic rings. The Hall–Kier alpha value is -1.93. The molecule has 120 valence electrons. The molecule has 0 spiro atoms. The van der Waals surface area contributed by atoms with E-state index in [0.717, 1.165) is 25.9 Å². The first-order valence-electron chi connectivity index (χ1n) is 8.64. The minimum Gasteiger partial charge on any atom is -0.303 e. The molecule has 3 rings (SSSR count). The lowest BCUT2D eigenvalue weighted by atomic mass is 9.76. The van der Waals surface area contributed by atoms with Crippen LogP contribution in [0.4, 0.5) is 0 Å². The number of carbonyl (C=O) groups excluding carboxylic acids is 1. The van der Waals surface area contributed by atoms with Crippen LogP contribution >= 0.6 is 0 Å². The van der Waals surface area contributed by atoms with Gasteiger partial charge >= 0.3 is 0 Å². The summed E-state index contributed by atoms with van der Waals surface area (Å²) in [5, 5.41) is 0. The van der Waals surface area contributed by atoms with Crippen molar-refractivity contribution in [3.05, 3.63) is 71.8 Å². The Morgan fingerprint density at radius 3 is 1.91 bits per heavy atom. The van der Waals surface area contributed by atoms with Crippen molar-refractivity contribution in [1.82, 2.24) is 4.90 Å². The molecule has 0 saturated carbocycles. The maximum Gasteiger partial charge on any atom is 0.121 e. The van der Waals surface area contributed by atoms with E-state index in [0.29, 0.717) is 18.3 Å². The van der Waals surface area contributed by atoms with Crippen LogP contribution in [0.3, 0.4) is 0 Å². The molecule has 0 bridgehead atoms. The van der Waals surface area contributed by atoms with Crippen LogP contribution in [0.15, 0.2) is 60.7 Å². The standard InChI is InChI=1S/C21H25NO/c23-17-7-14-22-15-12-20(13-16-22)21(18-8-3-1-4-9-18)19-10-5-2-6-11-19/h1-6,8-11,17,20-21H,7,12-16H2. The van der Waals surface area contributed by atoms with Crippen LogP contribution in [0.25, 0.3) is 0 Å². The fraction of sp³-hybridized carbons (Fsp3) is 0.381. The summed E-state index contributed by atoms with van der Waals surface area (Å²) in [5.41, 5.74) is 2.84. The SMILES string of the molecule is O=CCCN1CCC(C(c2ccccc2)c2ccccc2)CC1. The number of hydrogen-bond donors (Lipinski definition) is 0. The second-order valence-corrected chi connectivity index (χ2v) is 6.43. The Kier molecular flexibility index (Phi) is 5.60. The number of nitrogens with zero attached hydrogens (tertiary/aromatic N) is 1. The largest absolute Gasteiger partial charge is 0.303 e. The second-order valence-electron chi connectivity index (χ2n) is 6.43. The summed E-state index contributed by atoms with van der Waals surface area (Å²) < 4.78 is 0. The van der Waals surface area contributed by atoms with Gasteiger partial charge in [-0.05, 0) is 43.0 Å². The van der Waals surface area contributed by atoms with E-state index in [-0.39, 0.29) is 0 Å². The van der Waals surface area contributed by atoms with Gasteiger partial charge in [-0.25, -0.2) is 0 Å². The van der Waals surface area contributed by atoms with Gasteiger partial charge in [0.2, 0.25) is 0 Å². The zero-order chi connectivity index (χ0) is 15.9. The Morgan fingerprint density at radius 1 is 0.913 bits per heavy atom. The first kappa shape index (κ1) is 15.9. The van der Waals surface area contributed by atoms with Crippen molar-refractivity contribution in [2.24, 2.45) is 5.92 Å². The third kappa shape index (κ3) is 4.08. The van der Waals surface area contributed by atoms with Crippen molar-refractivity contribution in [2.75, 3.05) is 19.6 Å². The fourth-order valence-electron chi connectivity index (χ4n) is 3.80. The van der Waals surface area contributed by atoms with E-state index in [4.69, 9.17) is 0 Å². The molecule has 1 aliphatic rings. The van der Waals surface area contributed by atoms with Crippen molar-refractivity contribution < 1.29 is 4.79 Å². The number of hydrogen-bond acceptors (Lipinski definition) is 2. The zero-order valence-corrected chi connectivity index (χ0v) is 13.6. The van der Waals surface area contributed by atoms with Gasteiger partial charge in [-0.2, -0.15) is 0 Å². The van der Waals surface area contributed by atoms with Crippen LogP contribution in [-0.2, 0) is 4.79 Å². The van der Waals surface area contributed by atoms with Gasteiger partial charge in [-0.1, -0.05) is 60.7 Å². The fourth-order valence-corrected chi connectivity index (χ4v) is 3.80. The van der Waals surface area contributed by atoms with Gasteiger partial charge in [0, 0.05) is 18.9 Å². The highest BCUT2D eigenvalue weighted by atomic mass is 16.1. The molecule has 2 aromatic carbocycles. The molecule has 0 N–H and O–H groups in total. The monoisotopic (exact) mass is 307 g/mol. The minimum absolute atomic E-state index is 0.477. The van der Waals surface area contributed by atoms with Crippen LogP contribution in [-0.4, -0.2) is 30.8 Å². The lowest BCUT2D eigenvalue weighted by Crippen LogP contribution is -2.36. The van der Waals surface area contributed by atoms with E-state index in [1.165, 1.54) is 24.0 Å². The highest BCUT2D eigenvalue weighted by Gasteiger charge is 2.28. The summed E-state index contributed by atoms with van der Waals surface area (Å²) in [4.78, 5) is 13.0. The molecular weight excluding hydrogens is 282 g/mol. The second kappa shape index (κ2) is 8.07. The normalized spacial score (nSPS) is 16.6. The Balaban J connectivity index is 1.76. The van der Waals surface area contributed by atoms with Gasteiger partial charge in [-0.3, -0.25) is 0 Å². The number of piperidine rings is 1. The average Bonchev–Trinajstić information content (AvgIpc) is 2.63. The summed E-state index contributed by atoms with van der Waals surface area (Å²) in [6.45, 7) is 3.13. The lowest BCUT2D eigenvalue weighted by molar-refractivity contribution is -0.108. The Bertz CT molecular complexity index is 548. The Labute approximate surface area is 139 Å². The molecular formula is C21H25NO. The molecule has 1 fully saturated rings. The predicted molar refractivity (Wildman–Crippen MR) is 94.6 cm³/mol. The Morgan fingerprint density at radius 2 is 1.43 bits per heavy atom. The van der Waals surface area contributed by atoms with E-state index in [1.54, 1.807) is 0 Å². The summed E-state index contributed by atoms with van der Waals surface area (Å²) in [5.74, 6) is 1.15. The number of rotatable bonds is 6. The summed E-state index contributed by atoms with van der Waals surface area (Å²) in [6.07, 6.45) is 4.09. The van der Waals surface area contributed by atoms with Gasteiger partial charge < -0.3 is 9.69 Å². The molecule has 1 aliphatic heterocycles. The van der Waals surface area contributed by atoms with E-state index in [1.807, 2.05) is 0 Å². The van der Waals surface area contributed by atoms with Crippen LogP contribution in [0.1, 0.15) is 36.3 Å². The first-order valence-corrected chi connectivity index (χ1v) is 8.64. The number of benzene rings is 2. The van der Waals surface area contributed by atoms with Crippen molar-refractivity contribution in [1.29, 1.82) is 0 Å². The molecule has 0 atom stereocenters. The molecule has 1 heterocycles. The molecule has 0 unspecified atom stereocenters. The molecule has 2 nitrogen and oxygen atoms in total. The third-order valence-electron chi connectivity index (χ3n) is 4.98. The smallest absolute Gasteiger partial charge is 0.121 e. The van der Waals surface area contributed by atoms with Crippen LogP contribution in [0.2, 0.25) is 0 Å². The minimum atomic E-state index is 0.477. The molecule has 2 heteroatoms. The number of carbonyl (C=O) groups is 1. The topological polar surface area (TPSA) is 20.3 Å². The highest BCUT2D eigenvalue weighted by Crippen LogP contribution is 2.37. The molecule has 0 amide bonds. The lowest BCUT2D eigenvalue weighted by Gasteiger charge is -2.36. The van der Waals surface area contributed by atoms with Gasteiger partial charge in [0.25, 0.3) is 0 Å². The van der Waals surface area contributed by atoms with E-state index in [9.17, 15) is 4.79 Å². The maximum absolute atomic E-state index is 10.6. The maximum atomic E-state index is 10.6. The van der Waals surface area contributed by atoms with Gasteiger partial charge in [0.1, 0.15) is 6.29 Å². The molecule has 0 aliphatic carbocycles. The van der Waals surface area contributed by atoms with Gasteiger partial charge in [0.15, 0.2) is 0 Å². The third-order valence-corrected chi connectivity index (χ3v) is 4.98. The summed E-state index contributed by atoms with van der Waals surface area (Å²) in [7, 11) is 0. The van der Waals surface area contributed by atoms with E-state index in [2.05, 4.69) is 65.6 Å². The van der Waals surface area contributed by atoms with E-state index >= 15 is 0 Å². The van der Waals surface area contributed by atoms with Crippen molar-refractivity contribution >= 4 is 6.29 Å². The number of aldehydes is 1. The summed E-state index contributed by atoms with van der Waals surface area (Å²) >= 11 is 0. The van der Waals surface area contributed by atoms with Crippen molar-refractivity contribution in [3.8, 4) is 0 Å². The summed E-state index contributed by atoms with van der Waals surface area (Å²) in [6, 6.07) is 21.8. The van der Waals surface area contributed by atoms with E-state index < -0.39 is 0 Å². The average molecular weight is 307 g/mol. The molecule has 23 heavy (non-hydrogen) atoms. The van der Waals surface area contributed by atoms with Crippen LogP contribution in [0, 0.1) is 5.92 Å². The molecule has 1 saturated heterocycles. The van der Waals surface area contributed by atoms with Gasteiger partial charge in [0.05, 0.1) is 0 Å². The van der Waals surface area contributed by atoms with Crippen LogP contribution in [0.5, 0.6) is 0 Å². The quantitative estimate of drug-likeness (QED) is 0.748. The zero-order valence-electron chi connectivity index (χ0n) is 13.6. The van der Waals surface area contributed by atoms with Crippen molar-refractivity contribution in [2.45, 2.75) is 25.2 Å². The first-order chi connectivity index (χ1) is 11.4. The molecule has 0 aromatic heterocycles. The van der Waals surface area contributed by atoms with Gasteiger partial charge in [-0.15, -0.1) is 0 Å².